The normalized spacial score (nSPS) is 4.67. The van der Waals surface area contributed by atoms with Crippen LogP contribution in [-0.2, 0) is 57.4 Å². The van der Waals surface area contributed by atoms with Crippen molar-refractivity contribution in [1.82, 2.24) is 0 Å². The third kappa shape index (κ3) is 1160. The van der Waals surface area contributed by atoms with Gasteiger partial charge in [-0.25, -0.2) is 0 Å². The quantitative estimate of drug-likeness (QED) is 0.181. The van der Waals surface area contributed by atoms with Gasteiger partial charge in [0.15, 0.2) is 0 Å². The molecule has 0 aliphatic carbocycles. The molecule has 0 fully saturated rings. The Labute approximate surface area is 185 Å². The molecule has 0 heterocycles. The molecule has 0 spiro atoms. The molecular weight excluding hydrogens is 523 g/mol. The molecule has 6 N–H and O–H groups in total. The van der Waals surface area contributed by atoms with Crippen LogP contribution in [0.4, 0.5) is 0 Å². The van der Waals surface area contributed by atoms with Crippen LogP contribution >= 0.6 is 36.7 Å². The van der Waals surface area contributed by atoms with E-state index in [-0.39, 0.29) is 68.0 Å². The van der Waals surface area contributed by atoms with Gasteiger partial charge in [0.1, 0.15) is 0 Å². The fourth-order valence-corrected chi connectivity index (χ4v) is 0. The second-order valence-corrected chi connectivity index (χ2v) is 4.37. The molecule has 0 saturated heterocycles. The van der Waals surface area contributed by atoms with E-state index in [1.807, 2.05) is 0 Å². The summed E-state index contributed by atoms with van der Waals surface area (Å²) in [6, 6.07) is 0. The van der Waals surface area contributed by atoms with E-state index in [2.05, 4.69) is 106 Å². The Morgan fingerprint density at radius 1 is 0.722 bits per heavy atom. The molecule has 11 heteroatoms. The van der Waals surface area contributed by atoms with Crippen molar-refractivity contribution in [3.05, 3.63) is 13.8 Å². The Morgan fingerprint density at radius 3 is 0.722 bits per heavy atom. The molecule has 0 amide bonds. The molecule has 3 nitrogen and oxygen atoms in total. The number of hydrogen-bond donors (Lipinski definition) is 3. The van der Waals surface area contributed by atoms with Gasteiger partial charge in [-0.05, 0) is 0 Å². The molecule has 0 aromatic carbocycles. The van der Waals surface area contributed by atoms with E-state index in [0.717, 1.165) is 0 Å². The first kappa shape index (κ1) is 42.7. The number of thiocarbonyl (C=S) groups is 3. The molecular formula is C7H16LaN3S6Zn. The van der Waals surface area contributed by atoms with Crippen LogP contribution in [0.15, 0.2) is 0 Å². The molecule has 0 aromatic rings. The number of nitrogens with two attached hydrogens (primary N) is 3. The molecule has 0 bridgehead atoms. The Bertz CT molecular complexity index is 133. The predicted octanol–water partition coefficient (Wildman–Crippen LogP) is 1.01. The first-order chi connectivity index (χ1) is 7.20. The van der Waals surface area contributed by atoms with E-state index in [0.29, 0.717) is 0 Å². The summed E-state index contributed by atoms with van der Waals surface area (Å²) < 4.78 is 0.250. The first-order valence-electron chi connectivity index (χ1n) is 3.50. The van der Waals surface area contributed by atoms with Crippen LogP contribution in [0.1, 0.15) is 13.8 Å². The van der Waals surface area contributed by atoms with Crippen molar-refractivity contribution in [2.75, 3.05) is 0 Å². The van der Waals surface area contributed by atoms with Crippen molar-refractivity contribution in [2.24, 2.45) is 17.2 Å². The van der Waals surface area contributed by atoms with Gasteiger partial charge in [0.05, 0.1) is 0 Å². The maximum absolute atomic E-state index is 4.66. The minimum absolute atomic E-state index is 0. The Hall–Kier alpha value is 2.15. The van der Waals surface area contributed by atoms with E-state index in [9.17, 15) is 0 Å². The zero-order chi connectivity index (χ0) is 14.7. The van der Waals surface area contributed by atoms with Crippen molar-refractivity contribution < 1.29 is 55.1 Å². The number of hydrogen-bond acceptors (Lipinski definition) is 6. The van der Waals surface area contributed by atoms with Crippen LogP contribution in [0.25, 0.3) is 0 Å². The minimum Gasteiger partial charge on any atom is -0.415 e. The Kier molecular flexibility index (Phi) is 120. The van der Waals surface area contributed by atoms with E-state index < -0.39 is 0 Å². The van der Waals surface area contributed by atoms with Crippen LogP contribution in [0.2, 0.25) is 0 Å². The minimum atomic E-state index is 0. The molecule has 0 aromatic heterocycles. The third-order valence-corrected chi connectivity index (χ3v) is 0. The van der Waals surface area contributed by atoms with E-state index >= 15 is 0 Å². The summed E-state index contributed by atoms with van der Waals surface area (Å²) in [5.41, 5.74) is 14.0. The summed E-state index contributed by atoms with van der Waals surface area (Å²) in [5.74, 6) is 0. The summed E-state index contributed by atoms with van der Waals surface area (Å²) in [4.78, 5) is 0. The van der Waals surface area contributed by atoms with Gasteiger partial charge < -0.3 is 106 Å². The SMILES string of the molecule is NC(=S)[S-].NC(=S)[S-].NC(=S)[S-].[CH2-]C.[CH2-]C.[La+3].[Zn+2]. The van der Waals surface area contributed by atoms with Gasteiger partial charge in [0.2, 0.25) is 0 Å². The molecule has 0 atom stereocenters. The zero-order valence-corrected chi connectivity index (χ0v) is 21.9. The van der Waals surface area contributed by atoms with Gasteiger partial charge in [-0.1, -0.05) is 13.0 Å². The van der Waals surface area contributed by atoms with E-state index in [4.69, 9.17) is 0 Å². The van der Waals surface area contributed by atoms with Gasteiger partial charge in [-0.2, -0.15) is 13.8 Å². The van der Waals surface area contributed by atoms with E-state index in [1.165, 1.54) is 0 Å². The van der Waals surface area contributed by atoms with Crippen molar-refractivity contribution >= 4 is 87.5 Å². The fraction of sp³-hybridized carbons (Fsp3) is 0.286. The third-order valence-electron chi connectivity index (χ3n) is 0. The Balaban J connectivity index is -0.0000000169. The topological polar surface area (TPSA) is 78.1 Å². The van der Waals surface area contributed by atoms with E-state index in [1.54, 1.807) is 13.8 Å². The van der Waals surface area contributed by atoms with Gasteiger partial charge in [-0.3, -0.25) is 0 Å². The van der Waals surface area contributed by atoms with Crippen LogP contribution in [0, 0.1) is 49.4 Å². The van der Waals surface area contributed by atoms with Crippen LogP contribution < -0.4 is 17.2 Å². The summed E-state index contributed by atoms with van der Waals surface area (Å²) >= 11 is 24.8. The molecule has 100 valence electrons. The molecule has 0 saturated carbocycles. The second-order valence-electron chi connectivity index (χ2n) is 0.957. The summed E-state index contributed by atoms with van der Waals surface area (Å²) in [5, 5.41) is 0. The monoisotopic (exact) mass is 537 g/mol. The summed E-state index contributed by atoms with van der Waals surface area (Å²) in [6.45, 7) is 10.0. The van der Waals surface area contributed by atoms with Crippen molar-refractivity contribution in [1.29, 1.82) is 0 Å². The predicted molar refractivity (Wildman–Crippen MR) is 94.5 cm³/mol. The summed E-state index contributed by atoms with van der Waals surface area (Å²) in [6.07, 6.45) is 0. The molecule has 18 heavy (non-hydrogen) atoms. The fourth-order valence-electron chi connectivity index (χ4n) is 0. The summed E-state index contributed by atoms with van der Waals surface area (Å²) in [7, 11) is 0. The average molecular weight is 539 g/mol. The number of rotatable bonds is 0. The van der Waals surface area contributed by atoms with Crippen molar-refractivity contribution in [3.63, 3.8) is 0 Å². The average Bonchev–Trinajstić information content (AvgIpc) is 2.07. The Morgan fingerprint density at radius 2 is 0.722 bits per heavy atom. The van der Waals surface area contributed by atoms with Crippen molar-refractivity contribution in [2.45, 2.75) is 13.8 Å². The van der Waals surface area contributed by atoms with Gasteiger partial charge in [0, 0.05) is 0 Å². The van der Waals surface area contributed by atoms with Crippen molar-refractivity contribution in [3.8, 4) is 0 Å². The molecule has 0 rings (SSSR count). The second kappa shape index (κ2) is 50.7. The zero-order valence-electron chi connectivity index (χ0n) is 10.4. The maximum Gasteiger partial charge on any atom is 3.00 e. The van der Waals surface area contributed by atoms with Crippen LogP contribution in [0.5, 0.6) is 0 Å². The first-order valence-corrected chi connectivity index (χ1v) is 5.95. The maximum atomic E-state index is 4.66. The molecule has 0 radical (unpaired) electrons. The standard InChI is InChI=1S/2C2H5.3CH3NS2.La.Zn/c2*1-2;3*2-1(3)4;;/h2*1H2,2H3;3*(H3,2,3,4);;/q2*-1;;;;+3;+2/p-3. The molecule has 0 aliphatic rings. The van der Waals surface area contributed by atoms with Crippen LogP contribution in [0.3, 0.4) is 0 Å². The smallest absolute Gasteiger partial charge is 0.415 e. The largest absolute Gasteiger partial charge is 3.00 e. The van der Waals surface area contributed by atoms with Gasteiger partial charge in [-0.15, -0.1) is 0 Å². The van der Waals surface area contributed by atoms with Crippen LogP contribution in [-0.4, -0.2) is 13.0 Å². The van der Waals surface area contributed by atoms with Gasteiger partial charge >= 0.3 is 55.1 Å². The van der Waals surface area contributed by atoms with Gasteiger partial charge in [0.25, 0.3) is 0 Å². The molecule has 0 aliphatic heterocycles. The molecule has 0 unspecified atom stereocenters.